The van der Waals surface area contributed by atoms with Gasteiger partial charge < -0.3 is 0 Å². The molecule has 0 heterocycles. The minimum absolute atomic E-state index is 0.0283. The van der Waals surface area contributed by atoms with Gasteiger partial charge >= 0.3 is 6.18 Å². The second-order valence-electron chi connectivity index (χ2n) is 4.99. The molecule has 1 aliphatic carbocycles. The van der Waals surface area contributed by atoms with Crippen molar-refractivity contribution in [3.63, 3.8) is 0 Å². The molecule has 5 heteroatoms. The highest BCUT2D eigenvalue weighted by Gasteiger charge is 2.31. The lowest BCUT2D eigenvalue weighted by Gasteiger charge is -2.09. The summed E-state index contributed by atoms with van der Waals surface area (Å²) in [5.41, 5.74) is 2.03. The van der Waals surface area contributed by atoms with E-state index in [1.165, 1.54) is 6.07 Å². The third-order valence-corrected chi connectivity index (χ3v) is 4.32. The molecular weight excluding hydrogens is 345 g/mol. The lowest BCUT2D eigenvalue weighted by atomic mass is 9.99. The molecule has 0 saturated heterocycles. The van der Waals surface area contributed by atoms with Crippen molar-refractivity contribution < 1.29 is 18.0 Å². The number of carbonyl (C=O) groups is 1. The zero-order valence-electron chi connectivity index (χ0n) is 10.7. The van der Waals surface area contributed by atoms with Crippen LogP contribution >= 0.6 is 15.9 Å². The number of carbonyl (C=O) groups excluding carboxylic acids is 1. The van der Waals surface area contributed by atoms with Crippen LogP contribution in [0.1, 0.15) is 21.5 Å². The number of hydrogen-bond donors (Lipinski definition) is 0. The molecule has 0 radical (unpaired) electrons. The van der Waals surface area contributed by atoms with E-state index >= 15 is 0 Å². The van der Waals surface area contributed by atoms with Crippen LogP contribution in [0.25, 0.3) is 11.1 Å². The molecule has 1 atom stereocenters. The number of rotatable bonds is 1. The molecule has 0 spiro atoms. The fourth-order valence-electron chi connectivity index (χ4n) is 2.51. The van der Waals surface area contributed by atoms with Crippen LogP contribution in [0.3, 0.4) is 0 Å². The van der Waals surface area contributed by atoms with Gasteiger partial charge in [0.15, 0.2) is 5.78 Å². The predicted molar refractivity (Wildman–Crippen MR) is 77.6 cm³/mol. The molecule has 0 amide bonds. The molecule has 21 heavy (non-hydrogen) atoms. The summed E-state index contributed by atoms with van der Waals surface area (Å²) in [6.45, 7) is 0. The number of hydrogen-bond acceptors (Lipinski definition) is 1. The van der Waals surface area contributed by atoms with Crippen LogP contribution in [0.5, 0.6) is 0 Å². The largest absolute Gasteiger partial charge is 0.416 e. The van der Waals surface area contributed by atoms with Gasteiger partial charge in [0.1, 0.15) is 0 Å². The van der Waals surface area contributed by atoms with E-state index < -0.39 is 11.7 Å². The summed E-state index contributed by atoms with van der Waals surface area (Å²) in [6, 6.07) is 10.4. The molecule has 0 fully saturated rings. The molecule has 1 unspecified atom stereocenters. The normalized spacial score (nSPS) is 17.9. The number of Topliss-reactive ketones (excluding diaryl/α,β-unsaturated/α-hetero) is 1. The first-order chi connectivity index (χ1) is 9.86. The summed E-state index contributed by atoms with van der Waals surface area (Å²) in [6.07, 6.45) is -3.79. The molecule has 0 N–H and O–H groups in total. The van der Waals surface area contributed by atoms with Gasteiger partial charge in [-0.2, -0.15) is 13.2 Å². The molecule has 0 aliphatic heterocycles. The van der Waals surface area contributed by atoms with Crippen molar-refractivity contribution in [1.29, 1.82) is 0 Å². The minimum Gasteiger partial charge on any atom is -0.293 e. The first-order valence-corrected chi connectivity index (χ1v) is 7.26. The molecule has 1 aliphatic rings. The Hall–Kier alpha value is -1.62. The monoisotopic (exact) mass is 354 g/mol. The van der Waals surface area contributed by atoms with Gasteiger partial charge in [0.05, 0.1) is 10.4 Å². The first kappa shape index (κ1) is 14.3. The van der Waals surface area contributed by atoms with Crippen molar-refractivity contribution in [3.8, 4) is 11.1 Å². The van der Waals surface area contributed by atoms with Crippen LogP contribution in [0.15, 0.2) is 42.5 Å². The van der Waals surface area contributed by atoms with Gasteiger partial charge in [0.25, 0.3) is 0 Å². The Morgan fingerprint density at radius 2 is 1.76 bits per heavy atom. The Balaban J connectivity index is 2.03. The summed E-state index contributed by atoms with van der Waals surface area (Å²) in [5, 5.41) is 0. The summed E-state index contributed by atoms with van der Waals surface area (Å²) < 4.78 is 38.3. The summed E-state index contributed by atoms with van der Waals surface area (Å²) in [5.74, 6) is 0.0283. The van der Waals surface area contributed by atoms with Gasteiger partial charge in [-0.05, 0) is 35.2 Å². The van der Waals surface area contributed by atoms with Crippen molar-refractivity contribution in [1.82, 2.24) is 0 Å². The van der Waals surface area contributed by atoms with E-state index in [2.05, 4.69) is 15.9 Å². The Kier molecular flexibility index (Phi) is 3.40. The first-order valence-electron chi connectivity index (χ1n) is 6.35. The van der Waals surface area contributed by atoms with Crippen LogP contribution < -0.4 is 0 Å². The Bertz CT molecular complexity index is 722. The standard InChI is InChI=1S/C16H10BrF3O/c17-14-8-11-6-10(4-5-13(11)15(14)21)9-2-1-3-12(7-9)16(18,19)20/h1-7,14H,8H2. The van der Waals surface area contributed by atoms with E-state index in [1.807, 2.05) is 0 Å². The highest BCUT2D eigenvalue weighted by atomic mass is 79.9. The van der Waals surface area contributed by atoms with Crippen molar-refractivity contribution in [2.75, 3.05) is 0 Å². The molecule has 0 bridgehead atoms. The Morgan fingerprint density at radius 3 is 2.48 bits per heavy atom. The summed E-state index contributed by atoms with van der Waals surface area (Å²) in [7, 11) is 0. The number of alkyl halides is 4. The second-order valence-corrected chi connectivity index (χ2v) is 6.09. The predicted octanol–water partition coefficient (Wildman–Crippen LogP) is 4.87. The quantitative estimate of drug-likeness (QED) is 0.667. The maximum absolute atomic E-state index is 12.8. The van der Waals surface area contributed by atoms with Gasteiger partial charge in [0.2, 0.25) is 0 Å². The van der Waals surface area contributed by atoms with E-state index in [4.69, 9.17) is 0 Å². The van der Waals surface area contributed by atoms with Crippen molar-refractivity contribution in [2.45, 2.75) is 17.4 Å². The van der Waals surface area contributed by atoms with Gasteiger partial charge in [-0.3, -0.25) is 4.79 Å². The van der Waals surface area contributed by atoms with Crippen LogP contribution in [0.2, 0.25) is 0 Å². The zero-order valence-corrected chi connectivity index (χ0v) is 12.3. The van der Waals surface area contributed by atoms with Crippen LogP contribution in [-0.4, -0.2) is 10.6 Å². The third kappa shape index (κ3) is 2.62. The Morgan fingerprint density at radius 1 is 1.05 bits per heavy atom. The van der Waals surface area contributed by atoms with Crippen LogP contribution in [-0.2, 0) is 12.6 Å². The molecule has 1 nitrogen and oxygen atoms in total. The summed E-state index contributed by atoms with van der Waals surface area (Å²) >= 11 is 3.30. The second kappa shape index (κ2) is 4.98. The number of benzene rings is 2. The van der Waals surface area contributed by atoms with E-state index in [1.54, 1.807) is 24.3 Å². The van der Waals surface area contributed by atoms with Crippen molar-refractivity contribution in [2.24, 2.45) is 0 Å². The maximum atomic E-state index is 12.8. The molecular formula is C16H10BrF3O. The average Bonchev–Trinajstić information content (AvgIpc) is 2.73. The van der Waals surface area contributed by atoms with E-state index in [-0.39, 0.29) is 10.6 Å². The molecule has 0 aromatic heterocycles. The number of ketones is 1. The van der Waals surface area contributed by atoms with Gasteiger partial charge in [0, 0.05) is 5.56 Å². The number of halogens is 4. The van der Waals surface area contributed by atoms with Gasteiger partial charge in [-0.25, -0.2) is 0 Å². The van der Waals surface area contributed by atoms with E-state index in [9.17, 15) is 18.0 Å². The van der Waals surface area contributed by atoms with Crippen molar-refractivity contribution in [3.05, 3.63) is 59.2 Å². The number of fused-ring (bicyclic) bond motifs is 1. The van der Waals surface area contributed by atoms with E-state index in [0.717, 1.165) is 17.7 Å². The molecule has 0 saturated carbocycles. The molecule has 108 valence electrons. The highest BCUT2D eigenvalue weighted by molar-refractivity contribution is 9.10. The fraction of sp³-hybridized carbons (Fsp3) is 0.188. The summed E-state index contributed by atoms with van der Waals surface area (Å²) in [4.78, 5) is 11.6. The fourth-order valence-corrected chi connectivity index (χ4v) is 3.11. The molecule has 2 aromatic carbocycles. The van der Waals surface area contributed by atoms with Gasteiger partial charge in [-0.1, -0.05) is 46.3 Å². The third-order valence-electron chi connectivity index (χ3n) is 3.58. The Labute approximate surface area is 127 Å². The molecule has 2 aromatic rings. The lowest BCUT2D eigenvalue weighted by molar-refractivity contribution is -0.137. The van der Waals surface area contributed by atoms with Crippen LogP contribution in [0.4, 0.5) is 13.2 Å². The average molecular weight is 355 g/mol. The molecule has 3 rings (SSSR count). The zero-order chi connectivity index (χ0) is 15.2. The maximum Gasteiger partial charge on any atom is 0.416 e. The lowest BCUT2D eigenvalue weighted by Crippen LogP contribution is -2.05. The van der Waals surface area contributed by atoms with Crippen molar-refractivity contribution >= 4 is 21.7 Å². The van der Waals surface area contributed by atoms with E-state index in [0.29, 0.717) is 23.1 Å². The SMILES string of the molecule is O=C1c2ccc(-c3cccc(C(F)(F)F)c3)cc2CC1Br. The van der Waals surface area contributed by atoms with Crippen LogP contribution in [0, 0.1) is 0 Å². The smallest absolute Gasteiger partial charge is 0.293 e. The van der Waals surface area contributed by atoms with Gasteiger partial charge in [-0.15, -0.1) is 0 Å². The highest BCUT2D eigenvalue weighted by Crippen LogP contribution is 2.34. The minimum atomic E-state index is -4.36. The topological polar surface area (TPSA) is 17.1 Å².